The zero-order valence-corrected chi connectivity index (χ0v) is 15.7. The van der Waals surface area contributed by atoms with Gasteiger partial charge in [0.2, 0.25) is 10.0 Å². The molecule has 0 bridgehead atoms. The van der Waals surface area contributed by atoms with Gasteiger partial charge in [-0.1, -0.05) is 11.6 Å². The molecule has 3 aromatic rings. The van der Waals surface area contributed by atoms with Crippen LogP contribution in [0.1, 0.15) is 11.3 Å². The summed E-state index contributed by atoms with van der Waals surface area (Å²) in [4.78, 5) is 7.87. The van der Waals surface area contributed by atoms with Gasteiger partial charge in [0, 0.05) is 29.1 Å². The number of nitrogen functional groups attached to an aromatic ring is 1. The van der Waals surface area contributed by atoms with Crippen LogP contribution < -0.4 is 10.9 Å². The van der Waals surface area contributed by atoms with Crippen LogP contribution in [0.25, 0.3) is 22.3 Å². The second-order valence-corrected chi connectivity index (χ2v) is 7.76. The van der Waals surface area contributed by atoms with Gasteiger partial charge in [-0.3, -0.25) is 0 Å². The molecule has 1 aromatic carbocycles. The largest absolute Gasteiger partial charge is 0.384 e. The van der Waals surface area contributed by atoms with Gasteiger partial charge in [-0.2, -0.15) is 5.26 Å². The van der Waals surface area contributed by atoms with E-state index in [0.29, 0.717) is 28.1 Å². The minimum Gasteiger partial charge on any atom is -0.384 e. The molecule has 136 valence electrons. The van der Waals surface area contributed by atoms with Crippen molar-refractivity contribution in [2.24, 2.45) is 5.14 Å². The molecule has 0 unspecified atom stereocenters. The highest BCUT2D eigenvalue weighted by Crippen LogP contribution is 2.38. The maximum absolute atomic E-state index is 12.1. The van der Waals surface area contributed by atoms with Gasteiger partial charge >= 0.3 is 0 Å². The van der Waals surface area contributed by atoms with E-state index in [1.54, 1.807) is 24.4 Å². The van der Waals surface area contributed by atoms with E-state index in [9.17, 15) is 8.42 Å². The molecule has 0 fully saturated rings. The van der Waals surface area contributed by atoms with Gasteiger partial charge < -0.3 is 5.73 Å². The predicted molar refractivity (Wildman–Crippen MR) is 103 cm³/mol. The van der Waals surface area contributed by atoms with Crippen molar-refractivity contribution in [3.63, 3.8) is 0 Å². The van der Waals surface area contributed by atoms with Gasteiger partial charge in [-0.05, 0) is 48.4 Å². The highest BCUT2D eigenvalue weighted by atomic mass is 35.5. The molecule has 0 saturated carbocycles. The van der Waals surface area contributed by atoms with Crippen LogP contribution in [0.2, 0.25) is 5.02 Å². The Bertz CT molecular complexity index is 1190. The van der Waals surface area contributed by atoms with Crippen LogP contribution in [0.15, 0.2) is 47.6 Å². The van der Waals surface area contributed by atoms with Gasteiger partial charge in [0.05, 0.1) is 5.02 Å². The number of sulfonamides is 1. The second kappa shape index (κ2) is 6.96. The van der Waals surface area contributed by atoms with Crippen molar-refractivity contribution in [3.05, 3.63) is 59.0 Å². The molecule has 0 aliphatic carbocycles. The van der Waals surface area contributed by atoms with Crippen LogP contribution in [0, 0.1) is 18.3 Å². The standard InChI is InChI=1S/C18H14ClN5O2S/c1-10-4-17(21)24-9-15(10)12-5-14(11-2-3-13(7-20)23-8-11)18(19)16(6-12)27(22,25)26/h2-6,8-9H,1H3,(H2,21,24)(H2,22,25,26). The molecule has 0 aliphatic rings. The first-order valence-corrected chi connectivity index (χ1v) is 9.58. The summed E-state index contributed by atoms with van der Waals surface area (Å²) >= 11 is 6.34. The number of anilines is 1. The molecule has 2 heterocycles. The Labute approximate surface area is 161 Å². The molecule has 0 atom stereocenters. The molecule has 2 aromatic heterocycles. The number of primary sulfonamides is 1. The fourth-order valence-corrected chi connectivity index (χ4v) is 3.86. The lowest BCUT2D eigenvalue weighted by molar-refractivity contribution is 0.598. The number of rotatable bonds is 3. The van der Waals surface area contributed by atoms with Crippen molar-refractivity contribution in [2.75, 3.05) is 5.73 Å². The number of aryl methyl sites for hydroxylation is 1. The zero-order chi connectivity index (χ0) is 19.8. The lowest BCUT2D eigenvalue weighted by atomic mass is 9.98. The smallest absolute Gasteiger partial charge is 0.239 e. The predicted octanol–water partition coefficient (Wildman–Crippen LogP) is 2.87. The molecular weight excluding hydrogens is 386 g/mol. The summed E-state index contributed by atoms with van der Waals surface area (Å²) in [6.07, 6.45) is 3.01. The summed E-state index contributed by atoms with van der Waals surface area (Å²) in [5, 5.41) is 14.2. The van der Waals surface area contributed by atoms with E-state index in [-0.39, 0.29) is 15.6 Å². The number of aromatic nitrogens is 2. The van der Waals surface area contributed by atoms with Gasteiger partial charge in [-0.15, -0.1) is 0 Å². The van der Waals surface area contributed by atoms with Gasteiger partial charge in [0.1, 0.15) is 22.5 Å². The average Bonchev–Trinajstić information content (AvgIpc) is 2.61. The van der Waals surface area contributed by atoms with E-state index in [2.05, 4.69) is 9.97 Å². The molecule has 3 rings (SSSR count). The van der Waals surface area contributed by atoms with E-state index in [1.807, 2.05) is 13.0 Å². The Morgan fingerprint density at radius 1 is 1.07 bits per heavy atom. The molecule has 0 radical (unpaired) electrons. The third-order valence-corrected chi connectivity index (χ3v) is 5.43. The summed E-state index contributed by atoms with van der Waals surface area (Å²) in [7, 11) is -4.08. The van der Waals surface area contributed by atoms with E-state index < -0.39 is 10.0 Å². The topological polar surface area (TPSA) is 136 Å². The fourth-order valence-electron chi connectivity index (χ4n) is 2.67. The van der Waals surface area contributed by atoms with Crippen molar-refractivity contribution in [3.8, 4) is 28.3 Å². The number of hydrogen-bond acceptors (Lipinski definition) is 6. The van der Waals surface area contributed by atoms with Crippen LogP contribution in [0.3, 0.4) is 0 Å². The number of pyridine rings is 2. The third kappa shape index (κ3) is 3.75. The van der Waals surface area contributed by atoms with Crippen molar-refractivity contribution >= 4 is 27.4 Å². The molecular formula is C18H14ClN5O2S. The molecule has 27 heavy (non-hydrogen) atoms. The lowest BCUT2D eigenvalue weighted by Gasteiger charge is -2.14. The first-order chi connectivity index (χ1) is 12.7. The zero-order valence-electron chi connectivity index (χ0n) is 14.1. The summed E-state index contributed by atoms with van der Waals surface area (Å²) in [6, 6.07) is 9.89. The molecule has 4 N–H and O–H groups in total. The Balaban J connectivity index is 2.31. The van der Waals surface area contributed by atoms with Gasteiger partial charge in [0.15, 0.2) is 0 Å². The van der Waals surface area contributed by atoms with Crippen molar-refractivity contribution in [2.45, 2.75) is 11.8 Å². The van der Waals surface area contributed by atoms with Crippen molar-refractivity contribution in [1.29, 1.82) is 5.26 Å². The van der Waals surface area contributed by atoms with Crippen molar-refractivity contribution < 1.29 is 8.42 Å². The lowest BCUT2D eigenvalue weighted by Crippen LogP contribution is -2.13. The van der Waals surface area contributed by atoms with E-state index in [0.717, 1.165) is 5.56 Å². The summed E-state index contributed by atoms with van der Waals surface area (Å²) in [6.45, 7) is 1.83. The first kappa shape index (κ1) is 18.8. The van der Waals surface area contributed by atoms with Crippen LogP contribution in [-0.2, 0) is 10.0 Å². The third-order valence-electron chi connectivity index (χ3n) is 3.98. The van der Waals surface area contributed by atoms with Crippen LogP contribution in [-0.4, -0.2) is 18.4 Å². The number of halogens is 1. The Kier molecular flexibility index (Phi) is 4.85. The van der Waals surface area contributed by atoms with Crippen molar-refractivity contribution in [1.82, 2.24) is 9.97 Å². The Hall–Kier alpha value is -2.99. The van der Waals surface area contributed by atoms with Gasteiger partial charge in [0.25, 0.3) is 0 Å². The average molecular weight is 400 g/mol. The molecule has 0 amide bonds. The number of nitrogens with zero attached hydrogens (tertiary/aromatic N) is 3. The SMILES string of the molecule is Cc1cc(N)ncc1-c1cc(-c2ccc(C#N)nc2)c(Cl)c(S(N)(=O)=O)c1. The Morgan fingerprint density at radius 3 is 2.37 bits per heavy atom. The van der Waals surface area contributed by atoms with Crippen LogP contribution in [0.4, 0.5) is 5.82 Å². The number of nitriles is 1. The maximum Gasteiger partial charge on any atom is 0.239 e. The van der Waals surface area contributed by atoms with E-state index in [1.165, 1.54) is 18.3 Å². The normalized spacial score (nSPS) is 11.2. The number of nitrogens with two attached hydrogens (primary N) is 2. The molecule has 0 spiro atoms. The quantitative estimate of drug-likeness (QED) is 0.694. The van der Waals surface area contributed by atoms with Crippen LogP contribution >= 0.6 is 11.6 Å². The van der Waals surface area contributed by atoms with E-state index >= 15 is 0 Å². The summed E-state index contributed by atoms with van der Waals surface area (Å²) < 4.78 is 24.1. The molecule has 0 aliphatic heterocycles. The minimum absolute atomic E-state index is 0.0196. The second-order valence-electron chi connectivity index (χ2n) is 5.85. The summed E-state index contributed by atoms with van der Waals surface area (Å²) in [5.41, 5.74) is 8.96. The van der Waals surface area contributed by atoms with Gasteiger partial charge in [-0.25, -0.2) is 23.5 Å². The summed E-state index contributed by atoms with van der Waals surface area (Å²) in [5.74, 6) is 0.355. The number of hydrogen-bond donors (Lipinski definition) is 2. The molecule has 7 nitrogen and oxygen atoms in total. The number of benzene rings is 1. The fraction of sp³-hybridized carbons (Fsp3) is 0.0556. The van der Waals surface area contributed by atoms with Crippen LogP contribution in [0.5, 0.6) is 0 Å². The maximum atomic E-state index is 12.1. The first-order valence-electron chi connectivity index (χ1n) is 7.66. The highest BCUT2D eigenvalue weighted by Gasteiger charge is 2.20. The van der Waals surface area contributed by atoms with E-state index in [4.69, 9.17) is 27.7 Å². The highest BCUT2D eigenvalue weighted by molar-refractivity contribution is 7.89. The minimum atomic E-state index is -4.08. The molecule has 0 saturated heterocycles. The Morgan fingerprint density at radius 2 is 1.81 bits per heavy atom. The monoisotopic (exact) mass is 399 g/mol. The molecule has 9 heteroatoms.